The van der Waals surface area contributed by atoms with E-state index in [2.05, 4.69) is 10.2 Å². The first-order valence-corrected chi connectivity index (χ1v) is 6.37. The van der Waals surface area contributed by atoms with Gasteiger partial charge in [-0.1, -0.05) is 11.6 Å². The van der Waals surface area contributed by atoms with Gasteiger partial charge in [0.1, 0.15) is 12.1 Å². The Hall–Kier alpha value is -2.42. The molecule has 0 aliphatic carbocycles. The molecule has 0 amide bonds. The van der Waals surface area contributed by atoms with E-state index >= 15 is 0 Å². The van der Waals surface area contributed by atoms with Crippen LogP contribution >= 0.6 is 11.6 Å². The topological polar surface area (TPSA) is 105 Å². The molecule has 0 aromatic carbocycles. The van der Waals surface area contributed by atoms with Gasteiger partial charge in [-0.2, -0.15) is 9.78 Å². The number of aryl methyl sites for hydroxylation is 1. The highest BCUT2D eigenvalue weighted by atomic mass is 35.5. The van der Waals surface area contributed by atoms with Crippen LogP contribution in [0.4, 0.5) is 5.82 Å². The zero-order valence-electron chi connectivity index (χ0n) is 11.3. The number of hydrogen-bond acceptors (Lipinski definition) is 6. The van der Waals surface area contributed by atoms with Crippen LogP contribution in [0.25, 0.3) is 0 Å². The average Bonchev–Trinajstić information content (AvgIpc) is 2.95. The SMILES string of the molecule is CCOC(=O)c1cnn(C)c1Cn1cc(Cl)c([N+](=O)[O-])n1. The Balaban J connectivity index is 2.31. The molecular formula is C11H12ClN5O4. The minimum Gasteiger partial charge on any atom is -0.462 e. The zero-order valence-corrected chi connectivity index (χ0v) is 12.1. The van der Waals surface area contributed by atoms with Crippen LogP contribution in [0.3, 0.4) is 0 Å². The normalized spacial score (nSPS) is 10.6. The molecule has 0 aliphatic rings. The standard InChI is InChI=1S/C11H12ClN5O4/c1-3-21-11(18)7-4-13-15(2)9(7)6-16-5-8(12)10(14-16)17(19)20/h4-5H,3,6H2,1-2H3. The number of hydrogen-bond donors (Lipinski definition) is 0. The van der Waals surface area contributed by atoms with Crippen LogP contribution in [0, 0.1) is 10.1 Å². The lowest BCUT2D eigenvalue weighted by molar-refractivity contribution is -0.389. The van der Waals surface area contributed by atoms with E-state index in [1.807, 2.05) is 0 Å². The van der Waals surface area contributed by atoms with E-state index in [0.717, 1.165) is 0 Å². The fourth-order valence-electron chi connectivity index (χ4n) is 1.77. The van der Waals surface area contributed by atoms with Gasteiger partial charge in [-0.3, -0.25) is 4.68 Å². The van der Waals surface area contributed by atoms with Gasteiger partial charge in [-0.05, 0) is 11.8 Å². The van der Waals surface area contributed by atoms with E-state index in [4.69, 9.17) is 16.3 Å². The number of rotatable bonds is 5. The van der Waals surface area contributed by atoms with E-state index in [-0.39, 0.29) is 23.7 Å². The Morgan fingerprint density at radius 3 is 2.86 bits per heavy atom. The zero-order chi connectivity index (χ0) is 15.6. The van der Waals surface area contributed by atoms with Crippen molar-refractivity contribution >= 4 is 23.4 Å². The van der Waals surface area contributed by atoms with Gasteiger partial charge in [0.15, 0.2) is 5.02 Å². The Labute approximate surface area is 124 Å². The van der Waals surface area contributed by atoms with E-state index in [9.17, 15) is 14.9 Å². The second-order valence-corrected chi connectivity index (χ2v) is 4.51. The third kappa shape index (κ3) is 3.02. The molecule has 21 heavy (non-hydrogen) atoms. The molecule has 0 aliphatic heterocycles. The fourth-order valence-corrected chi connectivity index (χ4v) is 1.99. The van der Waals surface area contributed by atoms with Crippen molar-refractivity contribution in [2.45, 2.75) is 13.5 Å². The summed E-state index contributed by atoms with van der Waals surface area (Å²) in [6.07, 6.45) is 2.70. The average molecular weight is 314 g/mol. The van der Waals surface area contributed by atoms with Gasteiger partial charge in [0, 0.05) is 7.05 Å². The van der Waals surface area contributed by atoms with E-state index in [1.165, 1.54) is 21.8 Å². The molecule has 0 unspecified atom stereocenters. The molecule has 0 saturated heterocycles. The first-order valence-electron chi connectivity index (χ1n) is 5.99. The summed E-state index contributed by atoms with van der Waals surface area (Å²) in [7, 11) is 1.65. The lowest BCUT2D eigenvalue weighted by Crippen LogP contribution is -2.12. The Kier molecular flexibility index (Phi) is 4.22. The van der Waals surface area contributed by atoms with Crippen LogP contribution in [0.1, 0.15) is 23.0 Å². The molecule has 10 heteroatoms. The van der Waals surface area contributed by atoms with Crippen molar-refractivity contribution in [3.05, 3.63) is 38.8 Å². The van der Waals surface area contributed by atoms with E-state index < -0.39 is 16.7 Å². The molecule has 0 atom stereocenters. The maximum absolute atomic E-state index is 11.8. The molecule has 0 bridgehead atoms. The highest BCUT2D eigenvalue weighted by molar-refractivity contribution is 6.32. The molecule has 0 radical (unpaired) electrons. The van der Waals surface area contributed by atoms with Crippen molar-refractivity contribution in [1.82, 2.24) is 19.6 Å². The van der Waals surface area contributed by atoms with Crippen molar-refractivity contribution < 1.29 is 14.5 Å². The number of carbonyl (C=O) groups excluding carboxylic acids is 1. The van der Waals surface area contributed by atoms with Crippen LogP contribution in [-0.2, 0) is 18.3 Å². The summed E-state index contributed by atoms with van der Waals surface area (Å²) in [5.41, 5.74) is 0.802. The maximum atomic E-state index is 11.8. The van der Waals surface area contributed by atoms with Crippen LogP contribution < -0.4 is 0 Å². The third-order valence-electron chi connectivity index (χ3n) is 2.74. The van der Waals surface area contributed by atoms with Gasteiger partial charge in [0.25, 0.3) is 0 Å². The molecule has 2 aromatic heterocycles. The first-order chi connectivity index (χ1) is 9.93. The quantitative estimate of drug-likeness (QED) is 0.469. The van der Waals surface area contributed by atoms with Crippen molar-refractivity contribution in [3.8, 4) is 0 Å². The number of nitro groups is 1. The van der Waals surface area contributed by atoms with Gasteiger partial charge in [0.2, 0.25) is 0 Å². The predicted molar refractivity (Wildman–Crippen MR) is 72.2 cm³/mol. The predicted octanol–water partition coefficient (Wildman–Crippen LogP) is 1.40. The Bertz CT molecular complexity index is 693. The number of esters is 1. The molecule has 0 N–H and O–H groups in total. The highest BCUT2D eigenvalue weighted by Gasteiger charge is 2.23. The minimum atomic E-state index is -0.672. The second-order valence-electron chi connectivity index (χ2n) is 4.10. The Morgan fingerprint density at radius 1 is 1.57 bits per heavy atom. The van der Waals surface area contributed by atoms with Crippen molar-refractivity contribution in [2.24, 2.45) is 7.05 Å². The van der Waals surface area contributed by atoms with Gasteiger partial charge in [0.05, 0.1) is 29.8 Å². The van der Waals surface area contributed by atoms with Crippen LogP contribution in [0.15, 0.2) is 12.4 Å². The summed E-state index contributed by atoms with van der Waals surface area (Å²) in [5, 5.41) is 18.4. The minimum absolute atomic E-state index is 0.0696. The maximum Gasteiger partial charge on any atom is 0.408 e. The van der Waals surface area contributed by atoms with Crippen molar-refractivity contribution in [3.63, 3.8) is 0 Å². The van der Waals surface area contributed by atoms with E-state index in [1.54, 1.807) is 14.0 Å². The molecular weight excluding hydrogens is 302 g/mol. The van der Waals surface area contributed by atoms with Crippen LogP contribution in [-0.4, -0.2) is 37.1 Å². The number of carbonyl (C=O) groups is 1. The molecule has 0 spiro atoms. The van der Waals surface area contributed by atoms with Crippen molar-refractivity contribution in [2.75, 3.05) is 6.61 Å². The summed E-state index contributed by atoms with van der Waals surface area (Å²) in [6, 6.07) is 0. The molecule has 2 rings (SSSR count). The fraction of sp³-hybridized carbons (Fsp3) is 0.364. The number of halogens is 1. The number of ether oxygens (including phenoxy) is 1. The third-order valence-corrected chi connectivity index (χ3v) is 3.01. The van der Waals surface area contributed by atoms with Crippen LogP contribution in [0.2, 0.25) is 5.02 Å². The van der Waals surface area contributed by atoms with Crippen molar-refractivity contribution in [1.29, 1.82) is 0 Å². The second kappa shape index (κ2) is 5.92. The molecule has 0 saturated carbocycles. The molecule has 112 valence electrons. The number of aromatic nitrogens is 4. The lowest BCUT2D eigenvalue weighted by atomic mass is 10.2. The number of nitrogens with zero attached hydrogens (tertiary/aromatic N) is 5. The molecule has 2 heterocycles. The van der Waals surface area contributed by atoms with Gasteiger partial charge in [-0.25, -0.2) is 4.79 Å². The largest absolute Gasteiger partial charge is 0.462 e. The highest BCUT2D eigenvalue weighted by Crippen LogP contribution is 2.22. The lowest BCUT2D eigenvalue weighted by Gasteiger charge is -2.04. The summed E-state index contributed by atoms with van der Waals surface area (Å²) < 4.78 is 7.69. The van der Waals surface area contributed by atoms with E-state index in [0.29, 0.717) is 5.69 Å². The summed E-state index contributed by atoms with van der Waals surface area (Å²) >= 11 is 5.73. The summed E-state index contributed by atoms with van der Waals surface area (Å²) in [5.74, 6) is -0.940. The van der Waals surface area contributed by atoms with Gasteiger partial charge < -0.3 is 14.9 Å². The Morgan fingerprint density at radius 2 is 2.29 bits per heavy atom. The van der Waals surface area contributed by atoms with Crippen LogP contribution in [0.5, 0.6) is 0 Å². The van der Waals surface area contributed by atoms with Gasteiger partial charge >= 0.3 is 11.8 Å². The van der Waals surface area contributed by atoms with Gasteiger partial charge in [-0.15, -0.1) is 0 Å². The summed E-state index contributed by atoms with van der Waals surface area (Å²) in [4.78, 5) is 21.9. The monoisotopic (exact) mass is 313 g/mol. The smallest absolute Gasteiger partial charge is 0.408 e. The first kappa shape index (κ1) is 15.0. The molecule has 2 aromatic rings. The summed E-state index contributed by atoms with van der Waals surface area (Å²) in [6.45, 7) is 2.05. The molecule has 9 nitrogen and oxygen atoms in total. The molecule has 0 fully saturated rings.